The van der Waals surface area contributed by atoms with Crippen LogP contribution in [0.2, 0.25) is 0 Å². The smallest absolute Gasteiger partial charge is 0.338 e. The number of amides is 1. The minimum atomic E-state index is -2.35. The number of hydrogen-bond acceptors (Lipinski definition) is 5. The van der Waals surface area contributed by atoms with E-state index in [-0.39, 0.29) is 24.3 Å². The molecule has 0 unspecified atom stereocenters. The number of halogens is 2. The van der Waals surface area contributed by atoms with Crippen molar-refractivity contribution in [3.63, 3.8) is 0 Å². The summed E-state index contributed by atoms with van der Waals surface area (Å²) < 4.78 is 30.0. The van der Waals surface area contributed by atoms with Gasteiger partial charge < -0.3 is 15.4 Å². The van der Waals surface area contributed by atoms with Gasteiger partial charge >= 0.3 is 5.97 Å². The Labute approximate surface area is 151 Å². The molecule has 0 bridgehead atoms. The highest BCUT2D eigenvalue weighted by atomic mass is 19.3. The molecule has 6 nitrogen and oxygen atoms in total. The number of hydrogen-bond donors (Lipinski definition) is 1. The first-order valence-electron chi connectivity index (χ1n) is 8.39. The minimum absolute atomic E-state index is 0.0197. The maximum atomic E-state index is 12.5. The van der Waals surface area contributed by atoms with Gasteiger partial charge in [-0.2, -0.15) is 0 Å². The molecule has 26 heavy (non-hydrogen) atoms. The van der Waals surface area contributed by atoms with Crippen LogP contribution in [0.15, 0.2) is 24.8 Å². The second-order valence-corrected chi connectivity index (χ2v) is 5.97. The average molecular weight is 367 g/mol. The summed E-state index contributed by atoms with van der Waals surface area (Å²) in [6, 6.07) is 4.98. The van der Waals surface area contributed by atoms with Gasteiger partial charge in [0.15, 0.2) is 0 Å². The van der Waals surface area contributed by atoms with E-state index in [4.69, 9.17) is 10.5 Å². The van der Waals surface area contributed by atoms with Crippen LogP contribution in [0.4, 0.5) is 14.5 Å². The molecule has 0 spiro atoms. The van der Waals surface area contributed by atoms with Crippen molar-refractivity contribution in [1.29, 1.82) is 0 Å². The number of carbonyl (C=O) groups is 2. The number of alkyl halides is 2. The molecule has 0 saturated carbocycles. The quantitative estimate of drug-likeness (QED) is 0.587. The number of piperazine rings is 1. The summed E-state index contributed by atoms with van der Waals surface area (Å²) in [4.78, 5) is 27.4. The summed E-state index contributed by atoms with van der Waals surface area (Å²) in [5, 5.41) is 0. The normalized spacial score (nSPS) is 15.2. The SMILES string of the molecule is C=C(C(N)=O)c1cc(N2CCN(CC(F)F)CC2)ccc1C(=O)OCC. The molecule has 0 radical (unpaired) electrons. The molecule has 1 aliphatic rings. The van der Waals surface area contributed by atoms with Crippen molar-refractivity contribution >= 4 is 23.1 Å². The van der Waals surface area contributed by atoms with Crippen molar-refractivity contribution in [2.75, 3.05) is 44.2 Å². The van der Waals surface area contributed by atoms with E-state index in [0.717, 1.165) is 5.69 Å². The zero-order chi connectivity index (χ0) is 19.3. The lowest BCUT2D eigenvalue weighted by Crippen LogP contribution is -2.47. The van der Waals surface area contributed by atoms with Crippen molar-refractivity contribution in [1.82, 2.24) is 4.90 Å². The van der Waals surface area contributed by atoms with Gasteiger partial charge in [-0.1, -0.05) is 6.58 Å². The average Bonchev–Trinajstić information content (AvgIpc) is 2.61. The molecule has 1 amide bonds. The van der Waals surface area contributed by atoms with Gasteiger partial charge in [0.25, 0.3) is 6.43 Å². The number of esters is 1. The lowest BCUT2D eigenvalue weighted by atomic mass is 9.99. The fraction of sp³-hybridized carbons (Fsp3) is 0.444. The number of benzene rings is 1. The van der Waals surface area contributed by atoms with Gasteiger partial charge in [0.1, 0.15) is 0 Å². The lowest BCUT2D eigenvalue weighted by molar-refractivity contribution is -0.112. The molecule has 0 aromatic heterocycles. The van der Waals surface area contributed by atoms with E-state index in [1.54, 1.807) is 30.0 Å². The lowest BCUT2D eigenvalue weighted by Gasteiger charge is -2.36. The molecule has 142 valence electrons. The number of ether oxygens (including phenoxy) is 1. The van der Waals surface area contributed by atoms with Crippen molar-refractivity contribution in [3.05, 3.63) is 35.9 Å². The Morgan fingerprint density at radius 2 is 1.88 bits per heavy atom. The Hall–Kier alpha value is -2.48. The number of primary amides is 1. The molecule has 0 aliphatic carbocycles. The zero-order valence-electron chi connectivity index (χ0n) is 14.7. The third-order valence-corrected chi connectivity index (χ3v) is 4.25. The predicted molar refractivity (Wildman–Crippen MR) is 95.3 cm³/mol. The van der Waals surface area contributed by atoms with Crippen LogP contribution in [0.25, 0.3) is 5.57 Å². The first-order chi connectivity index (χ1) is 12.3. The molecule has 1 aliphatic heterocycles. The van der Waals surface area contributed by atoms with Crippen LogP contribution >= 0.6 is 0 Å². The van der Waals surface area contributed by atoms with Gasteiger partial charge in [0, 0.05) is 43.0 Å². The molecule has 1 aromatic carbocycles. The van der Waals surface area contributed by atoms with Crippen LogP contribution in [0, 0.1) is 0 Å². The van der Waals surface area contributed by atoms with E-state index >= 15 is 0 Å². The summed E-state index contributed by atoms with van der Waals surface area (Å²) in [5.41, 5.74) is 6.65. The van der Waals surface area contributed by atoms with Crippen LogP contribution in [0.3, 0.4) is 0 Å². The van der Waals surface area contributed by atoms with Crippen LogP contribution in [0.1, 0.15) is 22.8 Å². The standard InChI is InChI=1S/C18H23F2N3O3/c1-3-26-18(25)14-5-4-13(10-15(14)12(2)17(21)24)23-8-6-22(7-9-23)11-16(19)20/h4-5,10,16H,2-3,6-9,11H2,1H3,(H2,21,24). The maximum absolute atomic E-state index is 12.5. The van der Waals surface area contributed by atoms with Gasteiger partial charge in [-0.3, -0.25) is 9.69 Å². The molecule has 8 heteroatoms. The van der Waals surface area contributed by atoms with Gasteiger partial charge in [-0.15, -0.1) is 0 Å². The van der Waals surface area contributed by atoms with E-state index in [1.165, 1.54) is 0 Å². The Kier molecular flexibility index (Phi) is 6.68. The van der Waals surface area contributed by atoms with Crippen LogP contribution in [0.5, 0.6) is 0 Å². The molecule has 0 atom stereocenters. The number of carbonyl (C=O) groups excluding carboxylic acids is 2. The van der Waals surface area contributed by atoms with E-state index in [0.29, 0.717) is 31.7 Å². The summed E-state index contributed by atoms with van der Waals surface area (Å²) in [7, 11) is 0. The maximum Gasteiger partial charge on any atom is 0.338 e. The van der Waals surface area contributed by atoms with Gasteiger partial charge in [0.05, 0.1) is 18.7 Å². The Balaban J connectivity index is 2.23. The number of rotatable bonds is 7. The third kappa shape index (κ3) is 4.78. The van der Waals surface area contributed by atoms with Crippen molar-refractivity contribution in [3.8, 4) is 0 Å². The highest BCUT2D eigenvalue weighted by Gasteiger charge is 2.23. The Morgan fingerprint density at radius 3 is 2.42 bits per heavy atom. The van der Waals surface area contributed by atoms with E-state index in [2.05, 4.69) is 6.58 Å². The van der Waals surface area contributed by atoms with Crippen LogP contribution in [-0.2, 0) is 9.53 Å². The Morgan fingerprint density at radius 1 is 1.23 bits per heavy atom. The second-order valence-electron chi connectivity index (χ2n) is 5.97. The van der Waals surface area contributed by atoms with Crippen molar-refractivity contribution in [2.45, 2.75) is 13.3 Å². The third-order valence-electron chi connectivity index (χ3n) is 4.25. The molecule has 1 saturated heterocycles. The number of nitrogens with two attached hydrogens (primary N) is 1. The summed E-state index contributed by atoms with van der Waals surface area (Å²) in [6.07, 6.45) is -2.35. The van der Waals surface area contributed by atoms with E-state index in [1.807, 2.05) is 4.90 Å². The first-order valence-corrected chi connectivity index (χ1v) is 8.39. The predicted octanol–water partition coefficient (Wildman–Crippen LogP) is 1.75. The zero-order valence-corrected chi connectivity index (χ0v) is 14.7. The largest absolute Gasteiger partial charge is 0.462 e. The number of nitrogens with zero attached hydrogens (tertiary/aromatic N) is 2. The monoisotopic (exact) mass is 367 g/mol. The molecule has 1 aromatic rings. The number of anilines is 1. The first kappa shape index (κ1) is 19.8. The molecular formula is C18H23F2N3O3. The van der Waals surface area contributed by atoms with Crippen molar-refractivity contribution in [2.24, 2.45) is 5.73 Å². The molecule has 1 heterocycles. The Bertz CT molecular complexity index is 686. The van der Waals surface area contributed by atoms with Crippen LogP contribution in [-0.4, -0.2) is 62.5 Å². The van der Waals surface area contributed by atoms with Gasteiger partial charge in [-0.25, -0.2) is 13.6 Å². The van der Waals surface area contributed by atoms with Gasteiger partial charge in [0.2, 0.25) is 5.91 Å². The second kappa shape index (κ2) is 8.75. The minimum Gasteiger partial charge on any atom is -0.462 e. The summed E-state index contributed by atoms with van der Waals surface area (Å²) in [6.45, 7) is 7.47. The van der Waals surface area contributed by atoms with Crippen molar-refractivity contribution < 1.29 is 23.1 Å². The van der Waals surface area contributed by atoms with Crippen LogP contribution < -0.4 is 10.6 Å². The fourth-order valence-electron chi connectivity index (χ4n) is 2.88. The molecule has 2 N–H and O–H groups in total. The molecule has 2 rings (SSSR count). The summed E-state index contributed by atoms with van der Waals surface area (Å²) in [5.74, 6) is -1.28. The summed E-state index contributed by atoms with van der Waals surface area (Å²) >= 11 is 0. The van der Waals surface area contributed by atoms with Gasteiger partial charge in [-0.05, 0) is 25.1 Å². The molecular weight excluding hydrogens is 344 g/mol. The molecule has 1 fully saturated rings. The highest BCUT2D eigenvalue weighted by molar-refractivity contribution is 6.20. The van der Waals surface area contributed by atoms with E-state index < -0.39 is 18.3 Å². The topological polar surface area (TPSA) is 75.9 Å². The highest BCUT2D eigenvalue weighted by Crippen LogP contribution is 2.26. The fourth-order valence-corrected chi connectivity index (χ4v) is 2.88. The van der Waals surface area contributed by atoms with E-state index in [9.17, 15) is 18.4 Å².